The lowest BCUT2D eigenvalue weighted by Gasteiger charge is -2.17. The van der Waals surface area contributed by atoms with Crippen LogP contribution >= 0.6 is 0 Å². The minimum Gasteiger partial charge on any atom is -0.370 e. The van der Waals surface area contributed by atoms with Crippen molar-refractivity contribution in [2.24, 2.45) is 27.2 Å². The lowest BCUT2D eigenvalue weighted by Crippen LogP contribution is -2.42. The highest BCUT2D eigenvalue weighted by atomic mass is 16.8. The summed E-state index contributed by atoms with van der Waals surface area (Å²) in [5.41, 5.74) is 18.0. The molecule has 9 N–H and O–H groups in total. The Morgan fingerprint density at radius 3 is 2.43 bits per heavy atom. The van der Waals surface area contributed by atoms with Crippen LogP contribution in [0.5, 0.6) is 0 Å². The maximum atomic E-state index is 11.3. The van der Waals surface area contributed by atoms with Gasteiger partial charge >= 0.3 is 6.03 Å². The van der Waals surface area contributed by atoms with Crippen molar-refractivity contribution in [2.75, 3.05) is 26.8 Å². The third-order valence-electron chi connectivity index (χ3n) is 2.25. The number of hydroxylamine groups is 5. The van der Waals surface area contributed by atoms with Crippen molar-refractivity contribution in [3.63, 3.8) is 0 Å². The van der Waals surface area contributed by atoms with Gasteiger partial charge in [0.1, 0.15) is 6.67 Å². The van der Waals surface area contributed by atoms with Gasteiger partial charge in [0.25, 0.3) is 0 Å². The molecule has 0 aliphatic carbocycles. The minimum atomic E-state index is -0.625. The molecule has 23 heavy (non-hydrogen) atoms. The van der Waals surface area contributed by atoms with Crippen LogP contribution in [0, 0.1) is 0 Å². The number of nitrogens with zero attached hydrogens (tertiary/aromatic N) is 4. The van der Waals surface area contributed by atoms with Crippen molar-refractivity contribution in [1.82, 2.24) is 20.9 Å². The number of nitrogens with two attached hydrogens (primary N) is 3. The van der Waals surface area contributed by atoms with Crippen LogP contribution < -0.4 is 28.0 Å². The van der Waals surface area contributed by atoms with Crippen LogP contribution in [0.1, 0.15) is 13.3 Å². The summed E-state index contributed by atoms with van der Waals surface area (Å²) in [6.07, 6.45) is 0.358. The van der Waals surface area contributed by atoms with E-state index in [1.165, 1.54) is 14.0 Å². The van der Waals surface area contributed by atoms with Gasteiger partial charge in [-0.15, -0.1) is 4.94 Å². The van der Waals surface area contributed by atoms with E-state index in [1.54, 1.807) is 0 Å². The van der Waals surface area contributed by atoms with E-state index in [1.807, 2.05) is 0 Å². The van der Waals surface area contributed by atoms with E-state index in [4.69, 9.17) is 22.1 Å². The number of nitrogens with one attached hydrogen (secondary N) is 2. The fraction of sp³-hybridized carbons (Fsp3) is 0.600. The molecular weight excluding hydrogens is 310 g/mol. The number of hydrogen-bond acceptors (Lipinski definition) is 6. The predicted molar refractivity (Wildman–Crippen MR) is 81.5 cm³/mol. The van der Waals surface area contributed by atoms with E-state index in [9.17, 15) is 14.8 Å². The van der Waals surface area contributed by atoms with Crippen LogP contribution in [0.3, 0.4) is 0 Å². The minimum absolute atomic E-state index is 0.0708. The Morgan fingerprint density at radius 2 is 1.91 bits per heavy atom. The molecule has 0 spiro atoms. The van der Waals surface area contributed by atoms with Gasteiger partial charge in [-0.2, -0.15) is 5.06 Å². The van der Waals surface area contributed by atoms with Gasteiger partial charge in [-0.1, -0.05) is 0 Å². The number of carbonyl (C=O) groups is 2. The van der Waals surface area contributed by atoms with Gasteiger partial charge in [0.05, 0.1) is 6.54 Å². The fourth-order valence-corrected chi connectivity index (χ4v) is 1.12. The normalized spacial score (nSPS) is 10.7. The number of carbonyl (C=O) groups excluding carboxylic acids is 2. The average molecular weight is 333 g/mol. The van der Waals surface area contributed by atoms with E-state index < -0.39 is 11.9 Å². The molecule has 0 aromatic carbocycles. The molecule has 3 amide bonds. The van der Waals surface area contributed by atoms with Crippen LogP contribution in [0.2, 0.25) is 0 Å². The summed E-state index contributed by atoms with van der Waals surface area (Å²) in [6, 6.07) is -0.625. The highest BCUT2D eigenvalue weighted by Gasteiger charge is 2.10. The second-order valence-electron chi connectivity index (χ2n) is 4.11. The van der Waals surface area contributed by atoms with Crippen molar-refractivity contribution in [2.45, 2.75) is 13.3 Å². The Morgan fingerprint density at radius 1 is 1.26 bits per heavy atom. The fourth-order valence-electron chi connectivity index (χ4n) is 1.12. The summed E-state index contributed by atoms with van der Waals surface area (Å²) in [6.45, 7) is 1.31. The smallest absolute Gasteiger partial charge is 0.340 e. The first-order valence-corrected chi connectivity index (χ1v) is 6.52. The number of hydrogen-bond donors (Lipinski definition) is 6. The summed E-state index contributed by atoms with van der Waals surface area (Å²) < 4.78 is 0. The van der Waals surface area contributed by atoms with Crippen molar-refractivity contribution >= 4 is 23.9 Å². The maximum Gasteiger partial charge on any atom is 0.340 e. The molecule has 0 aliphatic heterocycles. The number of rotatable bonds is 8. The molecule has 0 heterocycles. The first-order chi connectivity index (χ1) is 10.8. The largest absolute Gasteiger partial charge is 0.370 e. The third kappa shape index (κ3) is 9.70. The molecule has 0 rings (SSSR count). The van der Waals surface area contributed by atoms with Crippen LogP contribution in [0.4, 0.5) is 4.79 Å². The second-order valence-corrected chi connectivity index (χ2v) is 4.11. The summed E-state index contributed by atoms with van der Waals surface area (Å²) in [5.74, 6) is -0.770. The van der Waals surface area contributed by atoms with E-state index in [2.05, 4.69) is 20.8 Å². The predicted octanol–water partition coefficient (Wildman–Crippen LogP) is -2.76. The van der Waals surface area contributed by atoms with Crippen LogP contribution in [0.15, 0.2) is 9.98 Å². The Kier molecular flexibility index (Phi) is 9.54. The molecule has 0 fully saturated rings. The van der Waals surface area contributed by atoms with Gasteiger partial charge in [-0.25, -0.2) is 20.3 Å². The number of urea groups is 1. The third-order valence-corrected chi connectivity index (χ3v) is 2.25. The molecule has 0 aromatic heterocycles. The standard InChI is InChI=1S/C10H23N9O4/c1-7(20)19(6-16-8(11)12)23-17-9(13)15-4-3-5-18(22)10(21)14-2/h22H,3-6H2,1-2H3,(H,14,21)(H4,11,12,16)(H3,13,15,17). The van der Waals surface area contributed by atoms with Gasteiger partial charge in [0, 0.05) is 20.5 Å². The molecule has 13 nitrogen and oxygen atoms in total. The molecule has 0 unspecified atom stereocenters. The zero-order chi connectivity index (χ0) is 17.8. The quantitative estimate of drug-likeness (QED) is 0.0902. The lowest BCUT2D eigenvalue weighted by molar-refractivity contribution is -0.199. The van der Waals surface area contributed by atoms with Crippen LogP contribution in [0.25, 0.3) is 0 Å². The van der Waals surface area contributed by atoms with Crippen molar-refractivity contribution in [3.8, 4) is 0 Å². The molecule has 13 heteroatoms. The summed E-state index contributed by atoms with van der Waals surface area (Å²) >= 11 is 0. The second kappa shape index (κ2) is 10.9. The number of guanidine groups is 2. The Labute approximate surface area is 133 Å². The Bertz CT molecular complexity index is 450. The highest BCUT2D eigenvalue weighted by molar-refractivity contribution is 5.78. The number of aliphatic imine (C=N–C) groups is 2. The summed E-state index contributed by atoms with van der Waals surface area (Å²) in [4.78, 5) is 34.6. The zero-order valence-electron chi connectivity index (χ0n) is 13.0. The van der Waals surface area contributed by atoms with Gasteiger partial charge in [0.15, 0.2) is 5.96 Å². The topological polar surface area (TPSA) is 197 Å². The molecule has 0 atom stereocenters. The first kappa shape index (κ1) is 20.2. The van der Waals surface area contributed by atoms with Crippen molar-refractivity contribution < 1.29 is 19.7 Å². The molecule has 0 saturated carbocycles. The SMILES string of the molecule is CNC(=O)N(O)CCCN=C(N)NON(CN=C(N)N)C(C)=O. The summed E-state index contributed by atoms with van der Waals surface area (Å²) in [5, 5.41) is 12.8. The maximum absolute atomic E-state index is 11.3. The molecule has 0 saturated heterocycles. The van der Waals surface area contributed by atoms with Gasteiger partial charge in [-0.05, 0) is 6.42 Å². The molecule has 0 aliphatic rings. The van der Waals surface area contributed by atoms with E-state index in [-0.39, 0.29) is 31.7 Å². The average Bonchev–Trinajstić information content (AvgIpc) is 2.49. The molecule has 0 aromatic rings. The Hall–Kier alpha value is -2.80. The highest BCUT2D eigenvalue weighted by Crippen LogP contribution is 1.91. The van der Waals surface area contributed by atoms with E-state index in [0.717, 1.165) is 5.06 Å². The van der Waals surface area contributed by atoms with Gasteiger partial charge in [-0.3, -0.25) is 15.0 Å². The van der Waals surface area contributed by atoms with Crippen molar-refractivity contribution in [1.29, 1.82) is 0 Å². The van der Waals surface area contributed by atoms with E-state index >= 15 is 0 Å². The monoisotopic (exact) mass is 333 g/mol. The Balaban J connectivity index is 4.15. The summed E-state index contributed by atoms with van der Waals surface area (Å²) in [7, 11) is 1.39. The van der Waals surface area contributed by atoms with Crippen LogP contribution in [-0.4, -0.2) is 66.0 Å². The first-order valence-electron chi connectivity index (χ1n) is 6.52. The van der Waals surface area contributed by atoms with Crippen molar-refractivity contribution in [3.05, 3.63) is 0 Å². The van der Waals surface area contributed by atoms with E-state index in [0.29, 0.717) is 11.5 Å². The number of amides is 3. The van der Waals surface area contributed by atoms with Gasteiger partial charge < -0.3 is 22.5 Å². The molecule has 0 radical (unpaired) electrons. The lowest BCUT2D eigenvalue weighted by atomic mass is 10.4. The van der Waals surface area contributed by atoms with Crippen LogP contribution in [-0.2, 0) is 9.73 Å². The van der Waals surface area contributed by atoms with Gasteiger partial charge in [0.2, 0.25) is 11.9 Å². The molecule has 132 valence electrons. The molecule has 0 bridgehead atoms. The zero-order valence-corrected chi connectivity index (χ0v) is 13.0. The molecular formula is C10H23N9O4.